The molecule has 1 amide bonds. The van der Waals surface area contributed by atoms with Gasteiger partial charge in [-0.05, 0) is 98.7 Å². The molecule has 5 heteroatoms. The van der Waals surface area contributed by atoms with Crippen LogP contribution >= 0.6 is 0 Å². The van der Waals surface area contributed by atoms with Crippen molar-refractivity contribution in [3.63, 3.8) is 0 Å². The Hall–Kier alpha value is -0.810. The molecule has 34 heavy (non-hydrogen) atoms. The fourth-order valence-electron chi connectivity index (χ4n) is 8.11. The van der Waals surface area contributed by atoms with Crippen LogP contribution in [0.25, 0.3) is 0 Å². The fraction of sp³-hybridized carbons (Fsp3) is 0.966. The van der Waals surface area contributed by atoms with E-state index in [9.17, 15) is 9.90 Å². The first-order valence-corrected chi connectivity index (χ1v) is 14.1. The van der Waals surface area contributed by atoms with Gasteiger partial charge < -0.3 is 20.9 Å². The zero-order chi connectivity index (χ0) is 25.8. The topological polar surface area (TPSA) is 84.6 Å². The molecule has 0 bridgehead atoms. The zero-order valence-electron chi connectivity index (χ0n) is 23.6. The van der Waals surface area contributed by atoms with Gasteiger partial charge in [-0.2, -0.15) is 0 Å². The van der Waals surface area contributed by atoms with Crippen LogP contribution in [0.15, 0.2) is 0 Å². The molecule has 200 valence electrons. The molecule has 5 nitrogen and oxygen atoms in total. The van der Waals surface area contributed by atoms with Crippen molar-refractivity contribution in [2.75, 3.05) is 13.7 Å². The molecular weight excluding hydrogens is 424 g/mol. The minimum absolute atomic E-state index is 0.0488. The molecule has 0 aromatic carbocycles. The third-order valence-electron chi connectivity index (χ3n) is 10.7. The van der Waals surface area contributed by atoms with Gasteiger partial charge in [-0.1, -0.05) is 54.4 Å². The number of aliphatic hydroxyl groups excluding tert-OH is 1. The number of nitrogens with one attached hydrogen (secondary N) is 1. The van der Waals surface area contributed by atoms with E-state index in [1.54, 1.807) is 7.05 Å². The summed E-state index contributed by atoms with van der Waals surface area (Å²) in [7, 11) is 1.60. The number of nitrogens with two attached hydrogens (primary N) is 1. The molecule has 0 aliphatic heterocycles. The van der Waals surface area contributed by atoms with Crippen molar-refractivity contribution in [1.82, 2.24) is 5.32 Å². The molecule has 0 aromatic heterocycles. The SMILES string of the molecule is CCCC1(C)C(CCCOC(=O)NC)CCC1(C)C(C)(N)C[C@H](CC)C1C[C@H](O)CCC1(C)C. The van der Waals surface area contributed by atoms with Gasteiger partial charge in [0, 0.05) is 12.6 Å². The monoisotopic (exact) mass is 480 g/mol. The van der Waals surface area contributed by atoms with Gasteiger partial charge in [0.25, 0.3) is 0 Å². The largest absolute Gasteiger partial charge is 0.450 e. The molecule has 5 unspecified atom stereocenters. The summed E-state index contributed by atoms with van der Waals surface area (Å²) in [5.74, 6) is 1.65. The van der Waals surface area contributed by atoms with Crippen LogP contribution < -0.4 is 11.1 Å². The van der Waals surface area contributed by atoms with E-state index in [4.69, 9.17) is 10.5 Å². The van der Waals surface area contributed by atoms with E-state index in [1.165, 1.54) is 12.8 Å². The number of alkyl carbamates (subject to hydrolysis) is 1. The standard InChI is InChI=1S/C29H56N2O3/c1-9-15-27(5)22(12-11-18-34-25(33)31-8)13-17-28(27,6)29(7,30)20-21(10-2)24-19-23(32)14-16-26(24,3)4/h21-24,32H,9-20,30H2,1-8H3,(H,31,33)/t21-,22?,23+,24?,27?,28?,29?/m0/s1. The number of aliphatic hydroxyl groups is 1. The smallest absolute Gasteiger partial charge is 0.406 e. The van der Waals surface area contributed by atoms with E-state index in [1.807, 2.05) is 0 Å². The van der Waals surface area contributed by atoms with E-state index < -0.39 is 0 Å². The molecule has 2 aliphatic rings. The van der Waals surface area contributed by atoms with Crippen LogP contribution in [-0.2, 0) is 4.74 Å². The Bertz CT molecular complexity index is 664. The summed E-state index contributed by atoms with van der Waals surface area (Å²) < 4.78 is 5.27. The molecule has 4 N–H and O–H groups in total. The summed E-state index contributed by atoms with van der Waals surface area (Å²) in [6, 6.07) is 0. The molecule has 2 fully saturated rings. The van der Waals surface area contributed by atoms with Gasteiger partial charge in [-0.3, -0.25) is 0 Å². The quantitative estimate of drug-likeness (QED) is 0.288. The van der Waals surface area contributed by atoms with E-state index in [2.05, 4.69) is 53.8 Å². The predicted octanol–water partition coefficient (Wildman–Crippen LogP) is 6.67. The number of carbonyl (C=O) groups is 1. The molecule has 0 heterocycles. The lowest BCUT2D eigenvalue weighted by Crippen LogP contribution is -2.59. The average Bonchev–Trinajstić information content (AvgIpc) is 3.03. The average molecular weight is 481 g/mol. The number of ether oxygens (including phenoxy) is 1. The second kappa shape index (κ2) is 11.5. The van der Waals surface area contributed by atoms with Crippen molar-refractivity contribution in [3.05, 3.63) is 0 Å². The van der Waals surface area contributed by atoms with E-state index >= 15 is 0 Å². The van der Waals surface area contributed by atoms with Crippen molar-refractivity contribution in [2.45, 2.75) is 131 Å². The number of carbonyl (C=O) groups excluding carboxylic acids is 1. The first kappa shape index (κ1) is 29.4. The minimum atomic E-state index is -0.344. The number of hydrogen-bond acceptors (Lipinski definition) is 4. The highest BCUT2D eigenvalue weighted by Crippen LogP contribution is 2.65. The van der Waals surface area contributed by atoms with Crippen LogP contribution in [0.4, 0.5) is 4.79 Å². The Morgan fingerprint density at radius 3 is 2.47 bits per heavy atom. The van der Waals surface area contributed by atoms with Gasteiger partial charge >= 0.3 is 6.09 Å². The second-order valence-corrected chi connectivity index (χ2v) is 13.1. The maximum Gasteiger partial charge on any atom is 0.406 e. The molecule has 7 atom stereocenters. The van der Waals surface area contributed by atoms with Crippen LogP contribution in [0.3, 0.4) is 0 Å². The van der Waals surface area contributed by atoms with Crippen molar-refractivity contribution in [1.29, 1.82) is 0 Å². The van der Waals surface area contributed by atoms with Crippen LogP contribution in [0.1, 0.15) is 119 Å². The number of amides is 1. The van der Waals surface area contributed by atoms with Crippen molar-refractivity contribution < 1.29 is 14.6 Å². The third kappa shape index (κ3) is 5.94. The molecular formula is C29H56N2O3. The van der Waals surface area contributed by atoms with E-state index in [0.29, 0.717) is 24.4 Å². The Labute approximate surface area is 210 Å². The summed E-state index contributed by atoms with van der Waals surface area (Å²) in [6.07, 6.45) is 11.3. The first-order chi connectivity index (χ1) is 15.8. The third-order valence-corrected chi connectivity index (χ3v) is 10.7. The van der Waals surface area contributed by atoms with Crippen LogP contribution in [0.5, 0.6) is 0 Å². The van der Waals surface area contributed by atoms with Crippen molar-refractivity contribution >= 4 is 6.09 Å². The minimum Gasteiger partial charge on any atom is -0.450 e. The molecule has 0 saturated heterocycles. The Morgan fingerprint density at radius 2 is 1.88 bits per heavy atom. The highest BCUT2D eigenvalue weighted by Gasteiger charge is 2.60. The lowest BCUT2D eigenvalue weighted by atomic mass is 9.51. The van der Waals surface area contributed by atoms with Crippen molar-refractivity contribution in [2.24, 2.45) is 39.7 Å². The summed E-state index contributed by atoms with van der Waals surface area (Å²) in [4.78, 5) is 11.4. The van der Waals surface area contributed by atoms with Crippen molar-refractivity contribution in [3.8, 4) is 0 Å². The van der Waals surface area contributed by atoms with Crippen LogP contribution in [0.2, 0.25) is 0 Å². The van der Waals surface area contributed by atoms with Gasteiger partial charge in [0.15, 0.2) is 0 Å². The lowest BCUT2D eigenvalue weighted by molar-refractivity contribution is -0.0472. The van der Waals surface area contributed by atoms with Gasteiger partial charge in [0.1, 0.15) is 0 Å². The maximum atomic E-state index is 11.4. The summed E-state index contributed by atoms with van der Waals surface area (Å²) in [5, 5.41) is 13.0. The molecule has 0 radical (unpaired) electrons. The number of rotatable bonds is 11. The summed E-state index contributed by atoms with van der Waals surface area (Å²) in [6.45, 7) is 17.2. The summed E-state index contributed by atoms with van der Waals surface area (Å²) in [5.41, 5.74) is 7.60. The first-order valence-electron chi connectivity index (χ1n) is 14.1. The highest BCUT2D eigenvalue weighted by molar-refractivity contribution is 5.66. The second-order valence-electron chi connectivity index (χ2n) is 13.1. The van der Waals surface area contributed by atoms with Gasteiger partial charge in [-0.25, -0.2) is 4.79 Å². The van der Waals surface area contributed by atoms with Gasteiger partial charge in [0.2, 0.25) is 0 Å². The van der Waals surface area contributed by atoms with Crippen LogP contribution in [0, 0.1) is 34.0 Å². The molecule has 2 aliphatic carbocycles. The predicted molar refractivity (Wildman–Crippen MR) is 142 cm³/mol. The molecule has 2 saturated carbocycles. The van der Waals surface area contributed by atoms with Gasteiger partial charge in [0.05, 0.1) is 12.7 Å². The zero-order valence-corrected chi connectivity index (χ0v) is 23.6. The lowest BCUT2D eigenvalue weighted by Gasteiger charge is -2.56. The highest BCUT2D eigenvalue weighted by atomic mass is 16.5. The van der Waals surface area contributed by atoms with E-state index in [-0.39, 0.29) is 34.0 Å². The van der Waals surface area contributed by atoms with Gasteiger partial charge in [-0.15, -0.1) is 0 Å². The number of hydrogen-bond donors (Lipinski definition) is 3. The molecule has 2 rings (SSSR count). The van der Waals surface area contributed by atoms with E-state index in [0.717, 1.165) is 57.8 Å². The Morgan fingerprint density at radius 1 is 1.21 bits per heavy atom. The molecule has 0 aromatic rings. The summed E-state index contributed by atoms with van der Waals surface area (Å²) >= 11 is 0. The Balaban J connectivity index is 2.21. The Kier molecular flexibility index (Phi) is 9.95. The molecule has 0 spiro atoms. The maximum absolute atomic E-state index is 11.4. The normalized spacial score (nSPS) is 36.0. The fourth-order valence-corrected chi connectivity index (χ4v) is 8.11. The van der Waals surface area contributed by atoms with Crippen LogP contribution in [-0.4, -0.2) is 36.5 Å².